The van der Waals surface area contributed by atoms with E-state index in [0.29, 0.717) is 11.3 Å². The van der Waals surface area contributed by atoms with Gasteiger partial charge in [-0.1, -0.05) is 27.2 Å². The van der Waals surface area contributed by atoms with Gasteiger partial charge in [-0.05, 0) is 68.3 Å². The van der Waals surface area contributed by atoms with Crippen LogP contribution in [-0.4, -0.2) is 63.4 Å². The van der Waals surface area contributed by atoms with Crippen LogP contribution in [0.1, 0.15) is 72.5 Å². The first-order valence-electron chi connectivity index (χ1n) is 14.7. The van der Waals surface area contributed by atoms with E-state index in [9.17, 15) is 9.59 Å². The van der Waals surface area contributed by atoms with E-state index in [4.69, 9.17) is 9.97 Å². The molecule has 4 aromatic rings. The predicted octanol–water partition coefficient (Wildman–Crippen LogP) is 4.54. The average Bonchev–Trinajstić information content (AvgIpc) is 3.40. The lowest BCUT2D eigenvalue weighted by atomic mass is 10.0. The van der Waals surface area contributed by atoms with E-state index in [1.54, 1.807) is 6.33 Å². The van der Waals surface area contributed by atoms with Crippen molar-refractivity contribution in [1.82, 2.24) is 29.6 Å². The fraction of sp³-hybridized carbons (Fsp3) is 0.438. The van der Waals surface area contributed by atoms with E-state index in [1.165, 1.54) is 0 Å². The maximum Gasteiger partial charge on any atom is 0.268 e. The van der Waals surface area contributed by atoms with Crippen molar-refractivity contribution in [2.75, 3.05) is 38.1 Å². The second-order valence-corrected chi connectivity index (χ2v) is 11.2. The molecule has 0 spiro atoms. The number of nitrogens with zero attached hydrogens (tertiary/aromatic N) is 5. The first kappa shape index (κ1) is 28.5. The van der Waals surface area contributed by atoms with Crippen LogP contribution in [-0.2, 0) is 13.0 Å². The van der Waals surface area contributed by atoms with Crippen LogP contribution in [0.5, 0.6) is 0 Å². The van der Waals surface area contributed by atoms with Gasteiger partial charge in [0, 0.05) is 61.7 Å². The first-order chi connectivity index (χ1) is 19.8. The number of hydrogen-bond donors (Lipinski definition) is 2. The number of aromatic amines is 1. The van der Waals surface area contributed by atoms with E-state index in [2.05, 4.69) is 66.1 Å². The highest BCUT2D eigenvalue weighted by Gasteiger charge is 2.20. The van der Waals surface area contributed by atoms with Crippen LogP contribution in [0.15, 0.2) is 47.7 Å². The Morgan fingerprint density at radius 1 is 1.07 bits per heavy atom. The minimum absolute atomic E-state index is 0.152. The Morgan fingerprint density at radius 2 is 1.85 bits per heavy atom. The molecule has 1 fully saturated rings. The van der Waals surface area contributed by atoms with Crippen molar-refractivity contribution in [3.8, 4) is 11.1 Å². The highest BCUT2D eigenvalue weighted by atomic mass is 16.2. The molecule has 4 aromatic heterocycles. The van der Waals surface area contributed by atoms with Crippen LogP contribution in [0, 0.1) is 6.92 Å². The van der Waals surface area contributed by atoms with Crippen LogP contribution in [0.4, 0.5) is 5.82 Å². The van der Waals surface area contributed by atoms with Gasteiger partial charge in [0.2, 0.25) is 0 Å². The number of aromatic nitrogens is 4. The topological polar surface area (TPSA) is 98.6 Å². The summed E-state index contributed by atoms with van der Waals surface area (Å²) < 4.78 is 1.86. The van der Waals surface area contributed by atoms with E-state index in [1.807, 2.05) is 29.7 Å². The van der Waals surface area contributed by atoms with Crippen LogP contribution in [0.25, 0.3) is 16.6 Å². The van der Waals surface area contributed by atoms with Gasteiger partial charge in [-0.25, -0.2) is 9.97 Å². The van der Waals surface area contributed by atoms with Crippen LogP contribution < -0.4 is 15.8 Å². The quantitative estimate of drug-likeness (QED) is 0.315. The number of H-pyrrole nitrogens is 1. The number of aryl methyl sites for hydroxylation is 2. The largest absolute Gasteiger partial charge is 0.354 e. The molecule has 0 bridgehead atoms. The Bertz CT molecular complexity index is 1580. The van der Waals surface area contributed by atoms with Gasteiger partial charge in [0.1, 0.15) is 17.8 Å². The second-order valence-electron chi connectivity index (χ2n) is 11.2. The third-order valence-corrected chi connectivity index (χ3v) is 8.21. The minimum atomic E-state index is -0.255. The van der Waals surface area contributed by atoms with Crippen molar-refractivity contribution >= 4 is 17.2 Å². The fourth-order valence-corrected chi connectivity index (χ4v) is 5.54. The van der Waals surface area contributed by atoms with Gasteiger partial charge in [0.25, 0.3) is 11.5 Å². The molecule has 2 N–H and O–H groups in total. The van der Waals surface area contributed by atoms with Gasteiger partial charge < -0.3 is 20.1 Å². The summed E-state index contributed by atoms with van der Waals surface area (Å²) in [5.74, 6) is 0.956. The zero-order valence-corrected chi connectivity index (χ0v) is 24.8. The molecule has 0 aliphatic carbocycles. The van der Waals surface area contributed by atoms with E-state index in [0.717, 1.165) is 84.9 Å². The number of anilines is 1. The number of piperazine rings is 1. The molecule has 9 nitrogen and oxygen atoms in total. The molecule has 5 rings (SSSR count). The molecule has 41 heavy (non-hydrogen) atoms. The summed E-state index contributed by atoms with van der Waals surface area (Å²) in [6, 6.07) is 10.1. The van der Waals surface area contributed by atoms with Gasteiger partial charge in [-0.15, -0.1) is 0 Å². The molecule has 216 valence electrons. The molecular weight excluding hydrogens is 514 g/mol. The summed E-state index contributed by atoms with van der Waals surface area (Å²) in [7, 11) is 2.14. The summed E-state index contributed by atoms with van der Waals surface area (Å²) >= 11 is 0. The monoisotopic (exact) mass is 555 g/mol. The van der Waals surface area contributed by atoms with E-state index < -0.39 is 0 Å². The molecule has 0 saturated carbocycles. The van der Waals surface area contributed by atoms with Crippen LogP contribution in [0.2, 0.25) is 0 Å². The summed E-state index contributed by atoms with van der Waals surface area (Å²) in [5.41, 5.74) is 6.45. The lowest BCUT2D eigenvalue weighted by Crippen LogP contribution is -2.44. The number of amides is 1. The van der Waals surface area contributed by atoms with Crippen molar-refractivity contribution in [3.63, 3.8) is 0 Å². The van der Waals surface area contributed by atoms with Gasteiger partial charge in [0.05, 0.1) is 11.2 Å². The molecule has 1 unspecified atom stereocenters. The maximum absolute atomic E-state index is 13.7. The van der Waals surface area contributed by atoms with Crippen molar-refractivity contribution in [2.24, 2.45) is 0 Å². The lowest BCUT2D eigenvalue weighted by Gasteiger charge is -2.33. The number of carbonyl (C=O) groups excluding carboxylic acids is 1. The zero-order chi connectivity index (χ0) is 29.1. The van der Waals surface area contributed by atoms with E-state index >= 15 is 0 Å². The Kier molecular flexibility index (Phi) is 8.54. The molecule has 1 saturated heterocycles. The van der Waals surface area contributed by atoms with Crippen molar-refractivity contribution in [3.05, 3.63) is 81.4 Å². The first-order valence-corrected chi connectivity index (χ1v) is 14.7. The Hall–Kier alpha value is -3.98. The molecule has 9 heteroatoms. The van der Waals surface area contributed by atoms with Gasteiger partial charge in [0.15, 0.2) is 0 Å². The number of hydrogen-bond acceptors (Lipinski definition) is 6. The SMILES string of the molecule is CCCc1cc(C)[nH]c(=O)c1CNC(=O)c1cc(-c2ccc(N3CCN(C)CC3)nc2)cc2c(C(C)CC)ncn12. The summed E-state index contributed by atoms with van der Waals surface area (Å²) in [4.78, 5) is 43.5. The second kappa shape index (κ2) is 12.3. The molecular formula is C32H41N7O2. The number of pyridine rings is 3. The highest BCUT2D eigenvalue weighted by molar-refractivity contribution is 5.95. The minimum Gasteiger partial charge on any atom is -0.354 e. The summed E-state index contributed by atoms with van der Waals surface area (Å²) in [5, 5.41) is 3.02. The number of rotatable bonds is 9. The predicted molar refractivity (Wildman–Crippen MR) is 164 cm³/mol. The number of likely N-dealkylation sites (N-methyl/N-ethyl adjacent to an activating group) is 1. The Morgan fingerprint density at radius 3 is 2.54 bits per heavy atom. The number of fused-ring (bicyclic) bond motifs is 1. The summed E-state index contributed by atoms with van der Waals surface area (Å²) in [6.45, 7) is 12.4. The smallest absolute Gasteiger partial charge is 0.268 e. The Balaban J connectivity index is 1.48. The van der Waals surface area contributed by atoms with Gasteiger partial charge in [-0.2, -0.15) is 0 Å². The molecule has 1 aliphatic heterocycles. The van der Waals surface area contributed by atoms with Gasteiger partial charge >= 0.3 is 0 Å². The highest BCUT2D eigenvalue weighted by Crippen LogP contribution is 2.29. The third-order valence-electron chi connectivity index (χ3n) is 8.21. The molecule has 1 atom stereocenters. The van der Waals surface area contributed by atoms with Crippen LogP contribution in [0.3, 0.4) is 0 Å². The van der Waals surface area contributed by atoms with Gasteiger partial charge in [-0.3, -0.25) is 14.0 Å². The summed E-state index contributed by atoms with van der Waals surface area (Å²) in [6.07, 6.45) is 6.26. The average molecular weight is 556 g/mol. The molecule has 1 amide bonds. The lowest BCUT2D eigenvalue weighted by molar-refractivity contribution is 0.0944. The number of nitrogens with one attached hydrogen (secondary N) is 2. The van der Waals surface area contributed by atoms with Crippen molar-refractivity contribution in [1.29, 1.82) is 0 Å². The zero-order valence-electron chi connectivity index (χ0n) is 24.8. The standard InChI is InChI=1S/C32H41N7O2/c1-6-8-23-15-22(4)36-31(40)26(23)19-34-32(41)28-17-25(16-27-30(21(3)7-2)35-20-39(27)28)24-9-10-29(33-18-24)38-13-11-37(5)12-14-38/h9-10,15-18,20-21H,6-8,11-14,19H2,1-5H3,(H,34,41)(H,36,40). The van der Waals surface area contributed by atoms with Crippen molar-refractivity contribution < 1.29 is 4.79 Å². The van der Waals surface area contributed by atoms with E-state index in [-0.39, 0.29) is 23.9 Å². The molecule has 5 heterocycles. The third kappa shape index (κ3) is 6.05. The Labute approximate surface area is 241 Å². The van der Waals surface area contributed by atoms with Crippen molar-refractivity contribution in [2.45, 2.75) is 59.4 Å². The van der Waals surface area contributed by atoms with Crippen LogP contribution >= 0.6 is 0 Å². The molecule has 0 aromatic carbocycles. The fourth-order valence-electron chi connectivity index (χ4n) is 5.54. The molecule has 1 aliphatic rings. The molecule has 0 radical (unpaired) electrons. The number of carbonyl (C=O) groups is 1. The maximum atomic E-state index is 13.7. The normalized spacial score (nSPS) is 14.9. The number of imidazole rings is 1.